The van der Waals surface area contributed by atoms with Crippen molar-refractivity contribution in [1.29, 1.82) is 0 Å². The van der Waals surface area contributed by atoms with Gasteiger partial charge in [-0.1, -0.05) is 130 Å². The van der Waals surface area contributed by atoms with Crippen LogP contribution in [0.1, 0.15) is 26.3 Å². The molecule has 7 rings (SSSR count). The first kappa shape index (κ1) is 29.1. The highest BCUT2D eigenvalue weighted by Gasteiger charge is 2.28. The molecule has 0 atom stereocenters. The van der Waals surface area contributed by atoms with E-state index in [2.05, 4.69) is 206 Å². The van der Waals surface area contributed by atoms with E-state index in [1.807, 2.05) is 0 Å². The van der Waals surface area contributed by atoms with Crippen LogP contribution in [0, 0.1) is 0 Å². The van der Waals surface area contributed by atoms with E-state index in [1.165, 1.54) is 21.9 Å². The normalized spacial score (nSPS) is 11.4. The predicted molar refractivity (Wildman–Crippen MR) is 197 cm³/mol. The summed E-state index contributed by atoms with van der Waals surface area (Å²) in [5.74, 6) is 0. The van der Waals surface area contributed by atoms with Crippen LogP contribution in [-0.4, -0.2) is 0 Å². The Hall–Kier alpha value is -5.60. The first-order chi connectivity index (χ1) is 22.5. The molecule has 0 aliphatic heterocycles. The van der Waals surface area contributed by atoms with Crippen molar-refractivity contribution in [1.82, 2.24) is 0 Å². The Bertz CT molecular complexity index is 1880. The molecule has 2 heteroatoms. The minimum absolute atomic E-state index is 0.108. The number of para-hydroxylation sites is 4. The van der Waals surface area contributed by atoms with E-state index in [4.69, 9.17) is 0 Å². The lowest BCUT2D eigenvalue weighted by Gasteiger charge is -2.35. The van der Waals surface area contributed by atoms with Crippen molar-refractivity contribution >= 4 is 44.9 Å². The van der Waals surface area contributed by atoms with Crippen LogP contribution < -0.4 is 9.80 Å². The second-order valence-electron chi connectivity index (χ2n) is 12.7. The van der Waals surface area contributed by atoms with Crippen molar-refractivity contribution in [2.24, 2.45) is 0 Å². The van der Waals surface area contributed by atoms with Crippen molar-refractivity contribution in [2.45, 2.75) is 26.2 Å². The van der Waals surface area contributed by atoms with Gasteiger partial charge in [0, 0.05) is 28.3 Å². The average molecular weight is 595 g/mol. The second-order valence-corrected chi connectivity index (χ2v) is 12.7. The quantitative estimate of drug-likeness (QED) is 0.181. The van der Waals surface area contributed by atoms with Crippen molar-refractivity contribution < 1.29 is 0 Å². The lowest BCUT2D eigenvalue weighted by molar-refractivity contribution is 0.590. The molecule has 0 saturated heterocycles. The summed E-state index contributed by atoms with van der Waals surface area (Å²) in [6, 6.07) is 63.2. The van der Waals surface area contributed by atoms with E-state index in [9.17, 15) is 0 Å². The summed E-state index contributed by atoms with van der Waals surface area (Å²) in [4.78, 5) is 4.83. The molecule has 46 heavy (non-hydrogen) atoms. The van der Waals surface area contributed by atoms with Gasteiger partial charge in [0.2, 0.25) is 0 Å². The summed E-state index contributed by atoms with van der Waals surface area (Å²) in [7, 11) is 0. The molecule has 0 aliphatic carbocycles. The summed E-state index contributed by atoms with van der Waals surface area (Å²) in [5, 5.41) is 2.44. The maximum Gasteiger partial charge on any atom is 0.0564 e. The third kappa shape index (κ3) is 5.78. The molecular formula is C44H38N2. The van der Waals surface area contributed by atoms with Gasteiger partial charge >= 0.3 is 0 Å². The van der Waals surface area contributed by atoms with Gasteiger partial charge in [0.25, 0.3) is 0 Å². The first-order valence-corrected chi connectivity index (χ1v) is 16.0. The van der Waals surface area contributed by atoms with Crippen LogP contribution in [0.15, 0.2) is 176 Å². The molecule has 0 aliphatic rings. The van der Waals surface area contributed by atoms with E-state index in [0.717, 1.165) is 39.7 Å². The van der Waals surface area contributed by atoms with Crippen LogP contribution in [0.3, 0.4) is 0 Å². The molecule has 0 fully saturated rings. The standard InChI is InChI=1S/C44H38N2/c1-44(2,3)36-31-41(45(37-20-8-4-9-21-37)38-22-10-5-11-23-38)43(35-29-28-33-18-16-17-19-34(33)30-35)42(32-36)46(39-24-12-6-13-25-39)40-26-14-7-15-27-40/h4-32H,1-3H3. The van der Waals surface area contributed by atoms with Crippen LogP contribution in [0.2, 0.25) is 0 Å². The molecule has 0 aromatic heterocycles. The van der Waals surface area contributed by atoms with Crippen LogP contribution in [0.5, 0.6) is 0 Å². The Labute approximate surface area is 272 Å². The topological polar surface area (TPSA) is 6.48 Å². The van der Waals surface area contributed by atoms with Crippen molar-refractivity contribution in [3.63, 3.8) is 0 Å². The highest BCUT2D eigenvalue weighted by atomic mass is 15.2. The van der Waals surface area contributed by atoms with Gasteiger partial charge in [0.15, 0.2) is 0 Å². The van der Waals surface area contributed by atoms with Gasteiger partial charge in [-0.05, 0) is 94.0 Å². The molecule has 0 saturated carbocycles. The van der Waals surface area contributed by atoms with Crippen molar-refractivity contribution in [3.05, 3.63) is 181 Å². The Kier molecular flexibility index (Phi) is 7.86. The number of rotatable bonds is 7. The SMILES string of the molecule is CC(C)(C)c1cc(N(c2ccccc2)c2ccccc2)c(-c2ccc3ccccc3c2)c(N(c2ccccc2)c2ccccc2)c1. The van der Waals surface area contributed by atoms with Gasteiger partial charge in [-0.2, -0.15) is 0 Å². The van der Waals surface area contributed by atoms with Gasteiger partial charge in [-0.15, -0.1) is 0 Å². The molecule has 2 nitrogen and oxygen atoms in total. The van der Waals surface area contributed by atoms with Gasteiger partial charge in [0.1, 0.15) is 0 Å². The van der Waals surface area contributed by atoms with Crippen LogP contribution in [0.25, 0.3) is 21.9 Å². The fourth-order valence-electron chi connectivity index (χ4n) is 6.20. The van der Waals surface area contributed by atoms with Crippen molar-refractivity contribution in [2.75, 3.05) is 9.80 Å². The zero-order valence-electron chi connectivity index (χ0n) is 26.6. The Morgan fingerprint density at radius 3 is 1.13 bits per heavy atom. The minimum atomic E-state index is -0.108. The fraction of sp³-hybridized carbons (Fsp3) is 0.0909. The molecular weight excluding hydrogens is 556 g/mol. The Balaban J connectivity index is 1.64. The number of hydrogen-bond acceptors (Lipinski definition) is 2. The van der Waals surface area contributed by atoms with E-state index in [-0.39, 0.29) is 5.41 Å². The number of fused-ring (bicyclic) bond motifs is 1. The maximum absolute atomic E-state index is 2.41. The van der Waals surface area contributed by atoms with E-state index < -0.39 is 0 Å². The predicted octanol–water partition coefficient (Wildman–Crippen LogP) is 12.7. The number of benzene rings is 7. The smallest absolute Gasteiger partial charge is 0.0564 e. The van der Waals surface area contributed by atoms with E-state index >= 15 is 0 Å². The number of nitrogens with zero attached hydrogens (tertiary/aromatic N) is 2. The molecule has 7 aromatic rings. The third-order valence-electron chi connectivity index (χ3n) is 8.54. The Morgan fingerprint density at radius 1 is 0.370 bits per heavy atom. The van der Waals surface area contributed by atoms with E-state index in [1.54, 1.807) is 0 Å². The zero-order valence-corrected chi connectivity index (χ0v) is 26.6. The molecule has 7 aromatic carbocycles. The van der Waals surface area contributed by atoms with Crippen LogP contribution in [0.4, 0.5) is 34.1 Å². The third-order valence-corrected chi connectivity index (χ3v) is 8.54. The molecule has 0 amide bonds. The lowest BCUT2D eigenvalue weighted by Crippen LogP contribution is -2.19. The van der Waals surface area contributed by atoms with Gasteiger partial charge in [-0.3, -0.25) is 0 Å². The summed E-state index contributed by atoms with van der Waals surface area (Å²) in [6.45, 7) is 6.91. The molecule has 224 valence electrons. The molecule has 0 bridgehead atoms. The fourth-order valence-corrected chi connectivity index (χ4v) is 6.20. The first-order valence-electron chi connectivity index (χ1n) is 16.0. The second kappa shape index (κ2) is 12.4. The van der Waals surface area contributed by atoms with Gasteiger partial charge < -0.3 is 9.80 Å². The maximum atomic E-state index is 2.41. The molecule has 0 heterocycles. The summed E-state index contributed by atoms with van der Waals surface area (Å²) < 4.78 is 0. The lowest BCUT2D eigenvalue weighted by atomic mass is 9.83. The van der Waals surface area contributed by atoms with Crippen molar-refractivity contribution in [3.8, 4) is 11.1 Å². The molecule has 0 unspecified atom stereocenters. The van der Waals surface area contributed by atoms with Crippen LogP contribution >= 0.6 is 0 Å². The summed E-state index contributed by atoms with van der Waals surface area (Å²) in [6.07, 6.45) is 0. The monoisotopic (exact) mass is 594 g/mol. The highest BCUT2D eigenvalue weighted by Crippen LogP contribution is 2.51. The number of anilines is 6. The minimum Gasteiger partial charge on any atom is -0.310 e. The molecule has 0 N–H and O–H groups in total. The zero-order chi connectivity index (χ0) is 31.5. The largest absolute Gasteiger partial charge is 0.310 e. The Morgan fingerprint density at radius 2 is 0.739 bits per heavy atom. The summed E-state index contributed by atoms with van der Waals surface area (Å²) in [5.41, 5.74) is 10.2. The average Bonchev–Trinajstić information content (AvgIpc) is 3.10. The van der Waals surface area contributed by atoms with E-state index in [0.29, 0.717) is 0 Å². The summed E-state index contributed by atoms with van der Waals surface area (Å²) >= 11 is 0. The number of hydrogen-bond donors (Lipinski definition) is 0. The van der Waals surface area contributed by atoms with Crippen LogP contribution in [-0.2, 0) is 5.41 Å². The molecule has 0 radical (unpaired) electrons. The van der Waals surface area contributed by atoms with Gasteiger partial charge in [-0.25, -0.2) is 0 Å². The van der Waals surface area contributed by atoms with Gasteiger partial charge in [0.05, 0.1) is 11.4 Å². The highest BCUT2D eigenvalue weighted by molar-refractivity contribution is 6.01. The molecule has 0 spiro atoms.